The second-order valence-corrected chi connectivity index (χ2v) is 10.8. The van der Waals surface area contributed by atoms with E-state index in [0.29, 0.717) is 46.7 Å². The van der Waals surface area contributed by atoms with Crippen LogP contribution in [0.3, 0.4) is 0 Å². The molecule has 4 rings (SSSR count). The predicted octanol–water partition coefficient (Wildman–Crippen LogP) is 4.12. The van der Waals surface area contributed by atoms with Crippen molar-refractivity contribution in [2.24, 2.45) is 0 Å². The molecule has 0 amide bonds. The van der Waals surface area contributed by atoms with Gasteiger partial charge in [0.15, 0.2) is 17.1 Å². The normalized spacial score (nSPS) is 15.3. The molecule has 170 valence electrons. The fourth-order valence-electron chi connectivity index (χ4n) is 4.12. The molecule has 0 bridgehead atoms. The average Bonchev–Trinajstić information content (AvgIpc) is 3.31. The Morgan fingerprint density at radius 2 is 1.91 bits per heavy atom. The minimum Gasteiger partial charge on any atom is -0.431 e. The molecule has 0 aliphatic carbocycles. The number of sulfonamides is 1. The lowest BCUT2D eigenvalue weighted by atomic mass is 10.1. The van der Waals surface area contributed by atoms with E-state index in [1.54, 1.807) is 19.9 Å². The summed E-state index contributed by atoms with van der Waals surface area (Å²) in [7, 11) is -3.56. The Bertz CT molecular complexity index is 1300. The number of Topliss-reactive ketones (excluding diaryl/α,β-unsaturated/α-hetero) is 2. The van der Waals surface area contributed by atoms with Gasteiger partial charge < -0.3 is 9.40 Å². The van der Waals surface area contributed by atoms with Crippen molar-refractivity contribution in [3.05, 3.63) is 40.7 Å². The van der Waals surface area contributed by atoms with E-state index in [4.69, 9.17) is 4.42 Å². The molecular formula is C22H25N3O5S2. The van der Waals surface area contributed by atoms with Gasteiger partial charge >= 0.3 is 0 Å². The number of fused-ring (bicyclic) bond motifs is 1. The Kier molecular flexibility index (Phi) is 6.28. The van der Waals surface area contributed by atoms with E-state index in [2.05, 4.69) is 9.97 Å². The molecule has 0 spiro atoms. The number of hydrogen-bond donors (Lipinski definition) is 1. The third kappa shape index (κ3) is 4.26. The van der Waals surface area contributed by atoms with Crippen molar-refractivity contribution in [3.8, 4) is 0 Å². The van der Waals surface area contributed by atoms with Gasteiger partial charge in [-0.25, -0.2) is 13.4 Å². The Morgan fingerprint density at radius 1 is 1.19 bits per heavy atom. The molecule has 2 aromatic heterocycles. The maximum Gasteiger partial charge on any atom is 0.257 e. The van der Waals surface area contributed by atoms with E-state index >= 15 is 0 Å². The number of nitrogens with zero attached hydrogens (tertiary/aromatic N) is 2. The molecule has 1 aliphatic heterocycles. The monoisotopic (exact) mass is 475 g/mol. The van der Waals surface area contributed by atoms with Crippen LogP contribution in [0.4, 0.5) is 0 Å². The first-order valence-corrected chi connectivity index (χ1v) is 12.9. The predicted molar refractivity (Wildman–Crippen MR) is 122 cm³/mol. The van der Waals surface area contributed by atoms with Crippen molar-refractivity contribution >= 4 is 44.5 Å². The number of piperidine rings is 1. The lowest BCUT2D eigenvalue weighted by Crippen LogP contribution is -2.35. The molecule has 10 heteroatoms. The Balaban J connectivity index is 1.51. The molecule has 8 nitrogen and oxygen atoms in total. The standard InChI is InChI=1S/C22H25N3O5S2/c1-13-20(15(3)26)14(2)23-21(13)18(27)12-31-22-24-17-11-16(7-8-19(17)30-22)32(28,29)25-9-5-4-6-10-25/h7-8,11,23H,4-6,9-10,12H2,1-3H3. The van der Waals surface area contributed by atoms with Gasteiger partial charge in [-0.05, 0) is 57.4 Å². The average molecular weight is 476 g/mol. The topological polar surface area (TPSA) is 113 Å². The summed E-state index contributed by atoms with van der Waals surface area (Å²) >= 11 is 1.13. The number of thioether (sulfide) groups is 1. The maximum absolute atomic E-state index is 12.9. The van der Waals surface area contributed by atoms with Crippen LogP contribution in [-0.4, -0.2) is 53.1 Å². The number of ketones is 2. The second-order valence-electron chi connectivity index (χ2n) is 7.97. The van der Waals surface area contributed by atoms with Crippen LogP contribution >= 0.6 is 11.8 Å². The van der Waals surface area contributed by atoms with E-state index < -0.39 is 10.0 Å². The van der Waals surface area contributed by atoms with Crippen LogP contribution in [0.1, 0.15) is 58.3 Å². The number of aryl methyl sites for hydroxylation is 1. The van der Waals surface area contributed by atoms with E-state index in [0.717, 1.165) is 31.0 Å². The van der Waals surface area contributed by atoms with Gasteiger partial charge in [-0.3, -0.25) is 9.59 Å². The number of carbonyl (C=O) groups excluding carboxylic acids is 2. The number of aromatic amines is 1. The molecule has 3 aromatic rings. The molecule has 1 aromatic carbocycles. The highest BCUT2D eigenvalue weighted by Gasteiger charge is 2.27. The fourth-order valence-corrected chi connectivity index (χ4v) is 6.37. The zero-order chi connectivity index (χ0) is 23.0. The number of H-pyrrole nitrogens is 1. The summed E-state index contributed by atoms with van der Waals surface area (Å²) in [5.41, 5.74) is 3.17. The lowest BCUT2D eigenvalue weighted by Gasteiger charge is -2.25. The number of carbonyl (C=O) groups is 2. The first kappa shape index (κ1) is 22.8. The van der Waals surface area contributed by atoms with Crippen LogP contribution in [0, 0.1) is 13.8 Å². The molecule has 3 heterocycles. The number of oxazole rings is 1. The molecule has 0 atom stereocenters. The van der Waals surface area contributed by atoms with Crippen LogP contribution in [0.25, 0.3) is 11.1 Å². The summed E-state index contributed by atoms with van der Waals surface area (Å²) in [5.74, 6) is -0.180. The smallest absolute Gasteiger partial charge is 0.257 e. The van der Waals surface area contributed by atoms with E-state index in [-0.39, 0.29) is 27.4 Å². The molecule has 1 aliphatic rings. The van der Waals surface area contributed by atoms with Crippen molar-refractivity contribution in [1.29, 1.82) is 0 Å². The molecule has 0 saturated carbocycles. The SMILES string of the molecule is CC(=O)c1c(C)[nH]c(C(=O)CSc2nc3cc(S(=O)(=O)N4CCCCC4)ccc3o2)c1C. The van der Waals surface area contributed by atoms with Gasteiger partial charge in [-0.1, -0.05) is 18.2 Å². The lowest BCUT2D eigenvalue weighted by molar-refractivity contribution is 0.101. The molecule has 0 unspecified atom stereocenters. The minimum atomic E-state index is -3.56. The third-order valence-electron chi connectivity index (χ3n) is 5.69. The summed E-state index contributed by atoms with van der Waals surface area (Å²) in [6, 6.07) is 4.65. The summed E-state index contributed by atoms with van der Waals surface area (Å²) < 4.78 is 33.0. The highest BCUT2D eigenvalue weighted by Crippen LogP contribution is 2.28. The summed E-state index contributed by atoms with van der Waals surface area (Å²) in [6.07, 6.45) is 2.78. The molecule has 1 fully saturated rings. The van der Waals surface area contributed by atoms with Gasteiger partial charge in [0, 0.05) is 24.3 Å². The van der Waals surface area contributed by atoms with Crippen LogP contribution in [0.2, 0.25) is 0 Å². The fraction of sp³-hybridized carbons (Fsp3) is 0.409. The van der Waals surface area contributed by atoms with Crippen LogP contribution in [0.15, 0.2) is 32.7 Å². The van der Waals surface area contributed by atoms with Crippen molar-refractivity contribution in [2.45, 2.75) is 50.2 Å². The van der Waals surface area contributed by atoms with Crippen molar-refractivity contribution in [2.75, 3.05) is 18.8 Å². The summed E-state index contributed by atoms with van der Waals surface area (Å²) in [6.45, 7) is 6.06. The largest absolute Gasteiger partial charge is 0.431 e. The second kappa shape index (κ2) is 8.84. The Morgan fingerprint density at radius 3 is 2.56 bits per heavy atom. The van der Waals surface area contributed by atoms with Gasteiger partial charge in [0.2, 0.25) is 10.0 Å². The Labute approximate surface area is 190 Å². The molecule has 0 radical (unpaired) electrons. The zero-order valence-corrected chi connectivity index (χ0v) is 19.9. The molecule has 1 saturated heterocycles. The first-order chi connectivity index (χ1) is 15.2. The van der Waals surface area contributed by atoms with Crippen LogP contribution < -0.4 is 0 Å². The van der Waals surface area contributed by atoms with E-state index in [1.165, 1.54) is 23.4 Å². The maximum atomic E-state index is 12.9. The summed E-state index contributed by atoms with van der Waals surface area (Å²) in [4.78, 5) is 32.0. The van der Waals surface area contributed by atoms with Gasteiger partial charge in [-0.2, -0.15) is 4.31 Å². The van der Waals surface area contributed by atoms with Gasteiger partial charge in [0.25, 0.3) is 5.22 Å². The van der Waals surface area contributed by atoms with Crippen molar-refractivity contribution < 1.29 is 22.4 Å². The third-order valence-corrected chi connectivity index (χ3v) is 8.41. The number of rotatable bonds is 7. The van der Waals surface area contributed by atoms with E-state index in [1.807, 2.05) is 0 Å². The first-order valence-electron chi connectivity index (χ1n) is 10.5. The van der Waals surface area contributed by atoms with Crippen molar-refractivity contribution in [1.82, 2.24) is 14.3 Å². The van der Waals surface area contributed by atoms with Gasteiger partial charge in [0.1, 0.15) is 5.52 Å². The molecular weight excluding hydrogens is 450 g/mol. The minimum absolute atomic E-state index is 0.0733. The van der Waals surface area contributed by atoms with Gasteiger partial charge in [-0.15, -0.1) is 0 Å². The number of aromatic nitrogens is 2. The van der Waals surface area contributed by atoms with Crippen LogP contribution in [0.5, 0.6) is 0 Å². The number of nitrogens with one attached hydrogen (secondary N) is 1. The van der Waals surface area contributed by atoms with Crippen molar-refractivity contribution in [3.63, 3.8) is 0 Å². The highest BCUT2D eigenvalue weighted by molar-refractivity contribution is 7.99. The quantitative estimate of drug-likeness (QED) is 0.404. The molecule has 32 heavy (non-hydrogen) atoms. The number of hydrogen-bond acceptors (Lipinski definition) is 7. The number of benzene rings is 1. The Hall–Kier alpha value is -2.43. The highest BCUT2D eigenvalue weighted by atomic mass is 32.2. The summed E-state index contributed by atoms with van der Waals surface area (Å²) in [5, 5.41) is 0.286. The van der Waals surface area contributed by atoms with Gasteiger partial charge in [0.05, 0.1) is 16.3 Å². The van der Waals surface area contributed by atoms with E-state index in [9.17, 15) is 18.0 Å². The molecule has 1 N–H and O–H groups in total. The zero-order valence-electron chi connectivity index (χ0n) is 18.2. The van der Waals surface area contributed by atoms with Crippen LogP contribution in [-0.2, 0) is 10.0 Å².